The fourth-order valence-corrected chi connectivity index (χ4v) is 5.31. The minimum absolute atomic E-state index is 0.158. The quantitative estimate of drug-likeness (QED) is 0.260. The molecule has 2 aromatic rings. The van der Waals surface area contributed by atoms with Crippen molar-refractivity contribution in [2.75, 3.05) is 19.0 Å². The van der Waals surface area contributed by atoms with Crippen LogP contribution in [0.5, 0.6) is 11.5 Å². The summed E-state index contributed by atoms with van der Waals surface area (Å²) >= 11 is 0. The average molecular weight is 555 g/mol. The average Bonchev–Trinajstić information content (AvgIpc) is 2.89. The standard InChI is InChI=1S/C30H42N4O6/c1-19(35)32-16-21-9-10-25-24(15-21)33-27(36)26(29(2,3)18-30(4,5)28(37)34-38)31-11-7-8-20-12-22(17-40-25)14-23(13-20)39-6/h9-10,12-15,26,31,38H,7-8,11,16-18H2,1-6H3,(H,32,35)(H,33,36)(H,34,37)/t26-/m1/s1. The Labute approximate surface area is 236 Å². The van der Waals surface area contributed by atoms with Crippen LogP contribution in [-0.4, -0.2) is 42.6 Å². The highest BCUT2D eigenvalue weighted by Crippen LogP contribution is 2.38. The number of fused-ring (bicyclic) bond motifs is 3. The maximum absolute atomic E-state index is 13.9. The molecule has 10 heteroatoms. The van der Waals surface area contributed by atoms with E-state index in [1.165, 1.54) is 6.92 Å². The van der Waals surface area contributed by atoms with Crippen molar-refractivity contribution in [1.29, 1.82) is 0 Å². The Bertz CT molecular complexity index is 1230. The lowest BCUT2D eigenvalue weighted by atomic mass is 9.70. The van der Waals surface area contributed by atoms with Gasteiger partial charge in [0.2, 0.25) is 17.7 Å². The first-order chi connectivity index (χ1) is 18.8. The number of hydrogen-bond acceptors (Lipinski definition) is 7. The second kappa shape index (κ2) is 13.1. The van der Waals surface area contributed by atoms with Crippen molar-refractivity contribution in [3.63, 3.8) is 0 Å². The van der Waals surface area contributed by atoms with E-state index in [4.69, 9.17) is 9.47 Å². The Morgan fingerprint density at radius 1 is 1.12 bits per heavy atom. The number of rotatable bonds is 7. The molecule has 1 heterocycles. The van der Waals surface area contributed by atoms with Crippen LogP contribution in [0.3, 0.4) is 0 Å². The van der Waals surface area contributed by atoms with Crippen LogP contribution < -0.4 is 30.9 Å². The van der Waals surface area contributed by atoms with Crippen molar-refractivity contribution < 1.29 is 29.1 Å². The molecular weight excluding hydrogens is 512 g/mol. The molecule has 10 nitrogen and oxygen atoms in total. The molecule has 0 aliphatic carbocycles. The van der Waals surface area contributed by atoms with Gasteiger partial charge in [-0.3, -0.25) is 19.6 Å². The van der Waals surface area contributed by atoms with Gasteiger partial charge in [0.1, 0.15) is 18.1 Å². The smallest absolute Gasteiger partial charge is 0.249 e. The van der Waals surface area contributed by atoms with Crippen molar-refractivity contribution in [2.24, 2.45) is 10.8 Å². The van der Waals surface area contributed by atoms with E-state index < -0.39 is 22.8 Å². The van der Waals surface area contributed by atoms with Crippen LogP contribution in [-0.2, 0) is 34.0 Å². The summed E-state index contributed by atoms with van der Waals surface area (Å²) in [4.78, 5) is 37.7. The number of ether oxygens (including phenoxy) is 2. The summed E-state index contributed by atoms with van der Waals surface area (Å²) in [5.41, 5.74) is 3.45. The highest BCUT2D eigenvalue weighted by atomic mass is 16.5. The van der Waals surface area contributed by atoms with Crippen molar-refractivity contribution in [3.8, 4) is 11.5 Å². The highest BCUT2D eigenvalue weighted by Gasteiger charge is 2.42. The molecule has 0 aromatic heterocycles. The maximum atomic E-state index is 13.9. The molecule has 2 bridgehead atoms. The van der Waals surface area contributed by atoms with E-state index in [1.807, 2.05) is 32.0 Å². The summed E-state index contributed by atoms with van der Waals surface area (Å²) in [5.74, 6) is 0.285. The Kier molecular flexibility index (Phi) is 10.2. The third-order valence-electron chi connectivity index (χ3n) is 7.15. The highest BCUT2D eigenvalue weighted by molar-refractivity contribution is 5.97. The molecule has 0 radical (unpaired) electrons. The first-order valence-electron chi connectivity index (χ1n) is 13.5. The summed E-state index contributed by atoms with van der Waals surface area (Å²) in [6, 6.07) is 10.8. The Morgan fingerprint density at radius 3 is 2.52 bits per heavy atom. The fourth-order valence-electron chi connectivity index (χ4n) is 5.31. The number of benzene rings is 2. The minimum Gasteiger partial charge on any atom is -0.497 e. The SMILES string of the molecule is COc1cc2cc(c1)COc1ccc(CNC(C)=O)cc1NC(=O)[C@H](C(C)(C)CC(C)(C)C(=O)NO)NCCC2. The van der Waals surface area contributed by atoms with E-state index >= 15 is 0 Å². The molecule has 0 unspecified atom stereocenters. The van der Waals surface area contributed by atoms with E-state index in [2.05, 4.69) is 22.0 Å². The molecular formula is C30H42N4O6. The zero-order chi connectivity index (χ0) is 29.5. The first-order valence-corrected chi connectivity index (χ1v) is 13.5. The number of aryl methyl sites for hydroxylation is 1. The van der Waals surface area contributed by atoms with Crippen molar-refractivity contribution in [3.05, 3.63) is 53.1 Å². The van der Waals surface area contributed by atoms with Gasteiger partial charge >= 0.3 is 0 Å². The molecule has 0 saturated carbocycles. The predicted octanol–water partition coefficient (Wildman–Crippen LogP) is 3.70. The van der Waals surface area contributed by atoms with Crippen LogP contribution >= 0.6 is 0 Å². The second-order valence-electron chi connectivity index (χ2n) is 11.7. The van der Waals surface area contributed by atoms with E-state index in [0.717, 1.165) is 35.3 Å². The normalized spacial score (nSPS) is 16.5. The van der Waals surface area contributed by atoms with Gasteiger partial charge in [0.05, 0.1) is 18.8 Å². The third-order valence-corrected chi connectivity index (χ3v) is 7.15. The fraction of sp³-hybridized carbons (Fsp3) is 0.500. The van der Waals surface area contributed by atoms with Crippen LogP contribution in [0.15, 0.2) is 36.4 Å². The van der Waals surface area contributed by atoms with Gasteiger partial charge in [-0.1, -0.05) is 39.8 Å². The third kappa shape index (κ3) is 8.19. The molecule has 2 aromatic carbocycles. The van der Waals surface area contributed by atoms with Crippen LogP contribution in [0.4, 0.5) is 5.69 Å². The topological polar surface area (TPSA) is 138 Å². The molecule has 1 atom stereocenters. The van der Waals surface area contributed by atoms with E-state index in [1.54, 1.807) is 38.6 Å². The number of nitrogens with one attached hydrogen (secondary N) is 4. The molecule has 40 heavy (non-hydrogen) atoms. The van der Waals surface area contributed by atoms with Crippen molar-refractivity contribution in [1.82, 2.24) is 16.1 Å². The summed E-state index contributed by atoms with van der Waals surface area (Å²) in [5, 5.41) is 18.5. The molecule has 0 spiro atoms. The Balaban J connectivity index is 2.01. The molecule has 0 saturated heterocycles. The van der Waals surface area contributed by atoms with Gasteiger partial charge in [-0.15, -0.1) is 0 Å². The molecule has 1 aliphatic heterocycles. The lowest BCUT2D eigenvalue weighted by Gasteiger charge is -2.39. The van der Waals surface area contributed by atoms with Gasteiger partial charge in [0.25, 0.3) is 0 Å². The van der Waals surface area contributed by atoms with Crippen molar-refractivity contribution >= 4 is 23.4 Å². The number of hydroxylamine groups is 1. The van der Waals surface area contributed by atoms with Crippen LogP contribution in [0.2, 0.25) is 0 Å². The molecule has 218 valence electrons. The van der Waals surface area contributed by atoms with Gasteiger partial charge in [0.15, 0.2) is 0 Å². The Morgan fingerprint density at radius 2 is 1.85 bits per heavy atom. The summed E-state index contributed by atoms with van der Waals surface area (Å²) < 4.78 is 11.7. The predicted molar refractivity (Wildman–Crippen MR) is 152 cm³/mol. The number of hydrogen-bond donors (Lipinski definition) is 5. The maximum Gasteiger partial charge on any atom is 0.249 e. The van der Waals surface area contributed by atoms with Gasteiger partial charge in [0, 0.05) is 18.9 Å². The lowest BCUT2D eigenvalue weighted by molar-refractivity contribution is -0.140. The number of anilines is 1. The summed E-state index contributed by atoms with van der Waals surface area (Å²) in [6.45, 7) is 9.91. The lowest BCUT2D eigenvalue weighted by Crippen LogP contribution is -2.53. The van der Waals surface area contributed by atoms with Crippen LogP contribution in [0.25, 0.3) is 0 Å². The first kappa shape index (κ1) is 30.9. The number of amides is 3. The molecule has 1 aliphatic rings. The van der Waals surface area contributed by atoms with E-state index in [9.17, 15) is 19.6 Å². The van der Waals surface area contributed by atoms with Crippen molar-refractivity contribution in [2.45, 2.75) is 73.1 Å². The summed E-state index contributed by atoms with van der Waals surface area (Å²) in [7, 11) is 1.64. The molecule has 5 N–H and O–H groups in total. The number of carbonyl (C=O) groups excluding carboxylic acids is 3. The van der Waals surface area contributed by atoms with E-state index in [-0.39, 0.29) is 18.4 Å². The molecule has 3 rings (SSSR count). The largest absolute Gasteiger partial charge is 0.497 e. The van der Waals surface area contributed by atoms with Gasteiger partial charge in [-0.05, 0) is 72.2 Å². The van der Waals surface area contributed by atoms with Gasteiger partial charge in [-0.2, -0.15) is 0 Å². The Hall–Kier alpha value is -3.63. The second-order valence-corrected chi connectivity index (χ2v) is 11.7. The molecule has 0 fully saturated rings. The summed E-state index contributed by atoms with van der Waals surface area (Å²) in [6.07, 6.45) is 1.86. The number of methoxy groups -OCH3 is 1. The van der Waals surface area contributed by atoms with Gasteiger partial charge < -0.3 is 25.4 Å². The zero-order valence-corrected chi connectivity index (χ0v) is 24.3. The van der Waals surface area contributed by atoms with E-state index in [0.29, 0.717) is 30.9 Å². The molecule has 3 amide bonds. The van der Waals surface area contributed by atoms with Crippen LogP contribution in [0, 0.1) is 10.8 Å². The van der Waals surface area contributed by atoms with Gasteiger partial charge in [-0.25, -0.2) is 5.48 Å². The van der Waals surface area contributed by atoms with Crippen LogP contribution in [0.1, 0.15) is 64.2 Å². The zero-order valence-electron chi connectivity index (χ0n) is 24.3. The number of carbonyl (C=O) groups is 3. The minimum atomic E-state index is -0.928. The monoisotopic (exact) mass is 554 g/mol.